The van der Waals surface area contributed by atoms with Crippen molar-refractivity contribution in [2.75, 3.05) is 0 Å². The Hall–Kier alpha value is -0.840. The second kappa shape index (κ2) is 5.43. The molecule has 0 aromatic rings. The van der Waals surface area contributed by atoms with Gasteiger partial charge in [-0.2, -0.15) is 0 Å². The first-order chi connectivity index (χ1) is 8.54. The quantitative estimate of drug-likeness (QED) is 0.569. The molecular weight excluding hydrogens is 250 g/mol. The van der Waals surface area contributed by atoms with Gasteiger partial charge in [-0.25, -0.2) is 8.42 Å². The molecule has 1 amide bonds. The van der Waals surface area contributed by atoms with Crippen molar-refractivity contribution in [3.05, 3.63) is 12.2 Å². The molecule has 2 aliphatic carbocycles. The Labute approximate surface area is 109 Å². The van der Waals surface area contributed by atoms with Crippen LogP contribution in [-0.2, 0) is 14.8 Å². The summed E-state index contributed by atoms with van der Waals surface area (Å²) in [6, 6.07) is 0. The van der Waals surface area contributed by atoms with Crippen LogP contribution in [0.3, 0.4) is 0 Å². The number of hydrogen-bond donors (Lipinski definition) is 1. The minimum Gasteiger partial charge on any atom is -0.274 e. The fourth-order valence-corrected chi connectivity index (χ4v) is 3.35. The van der Waals surface area contributed by atoms with E-state index < -0.39 is 10.0 Å². The molecule has 2 aliphatic rings. The smallest absolute Gasteiger partial charge is 0.237 e. The van der Waals surface area contributed by atoms with E-state index in [4.69, 9.17) is 0 Å². The van der Waals surface area contributed by atoms with E-state index in [1.165, 1.54) is 6.42 Å². The molecule has 0 aromatic heterocycles. The van der Waals surface area contributed by atoms with Gasteiger partial charge in [-0.15, -0.1) is 0 Å². The van der Waals surface area contributed by atoms with Gasteiger partial charge in [0.05, 0.1) is 5.25 Å². The highest BCUT2D eigenvalue weighted by molar-refractivity contribution is 7.90. The number of allylic oxidation sites excluding steroid dienone is 2. The average molecular weight is 271 g/mol. The fourth-order valence-electron chi connectivity index (χ4n) is 2.00. The molecular formula is C13H21NO3S. The summed E-state index contributed by atoms with van der Waals surface area (Å²) >= 11 is 0. The van der Waals surface area contributed by atoms with Crippen LogP contribution in [0.4, 0.5) is 0 Å². The van der Waals surface area contributed by atoms with E-state index in [1.54, 1.807) is 0 Å². The molecule has 2 fully saturated rings. The lowest BCUT2D eigenvalue weighted by molar-refractivity contribution is -0.120. The Morgan fingerprint density at radius 3 is 2.72 bits per heavy atom. The van der Waals surface area contributed by atoms with Crippen LogP contribution >= 0.6 is 0 Å². The predicted octanol–water partition coefficient (Wildman–Crippen LogP) is 1.98. The predicted molar refractivity (Wildman–Crippen MR) is 70.3 cm³/mol. The standard InChI is InChI=1S/C13H21NO3S/c1-2-3-4-5-6-10-9-12(10)13(15)14-18(16,17)11-7-8-11/h5-6,10-12H,2-4,7-9H2,1H3,(H,14,15)/b6-5-/t10-,12+/m1/s1. The third kappa shape index (κ3) is 3.57. The van der Waals surface area contributed by atoms with Gasteiger partial charge in [-0.05, 0) is 31.6 Å². The van der Waals surface area contributed by atoms with Crippen molar-refractivity contribution >= 4 is 15.9 Å². The molecule has 0 aromatic carbocycles. The van der Waals surface area contributed by atoms with E-state index in [1.807, 2.05) is 0 Å². The van der Waals surface area contributed by atoms with Crippen LogP contribution in [0, 0.1) is 11.8 Å². The zero-order valence-electron chi connectivity index (χ0n) is 10.8. The molecule has 0 radical (unpaired) electrons. The van der Waals surface area contributed by atoms with Crippen LogP contribution < -0.4 is 4.72 Å². The number of unbranched alkanes of at least 4 members (excludes halogenated alkanes) is 2. The minimum absolute atomic E-state index is 0.128. The topological polar surface area (TPSA) is 63.2 Å². The number of hydrogen-bond acceptors (Lipinski definition) is 3. The SMILES string of the molecule is CCCC/C=C\[C@@H]1C[C@@H]1C(=O)NS(=O)(=O)C1CC1. The molecule has 2 saturated carbocycles. The third-order valence-electron chi connectivity index (χ3n) is 3.49. The van der Waals surface area contributed by atoms with Gasteiger partial charge in [0.2, 0.25) is 15.9 Å². The summed E-state index contributed by atoms with van der Waals surface area (Å²) in [6.45, 7) is 2.14. The zero-order valence-corrected chi connectivity index (χ0v) is 11.6. The van der Waals surface area contributed by atoms with Crippen molar-refractivity contribution < 1.29 is 13.2 Å². The number of amides is 1. The van der Waals surface area contributed by atoms with Crippen molar-refractivity contribution in [1.29, 1.82) is 0 Å². The summed E-state index contributed by atoms with van der Waals surface area (Å²) in [4.78, 5) is 11.7. The molecule has 102 valence electrons. The monoisotopic (exact) mass is 271 g/mol. The molecule has 1 N–H and O–H groups in total. The molecule has 0 spiro atoms. The van der Waals surface area contributed by atoms with Crippen molar-refractivity contribution in [2.45, 2.75) is 50.7 Å². The Bertz CT molecular complexity index is 437. The van der Waals surface area contributed by atoms with Gasteiger partial charge < -0.3 is 0 Å². The van der Waals surface area contributed by atoms with Gasteiger partial charge in [0.25, 0.3) is 0 Å². The molecule has 0 bridgehead atoms. The normalized spacial score (nSPS) is 27.4. The maximum absolute atomic E-state index is 11.7. The van der Waals surface area contributed by atoms with Gasteiger partial charge in [-0.1, -0.05) is 31.9 Å². The van der Waals surface area contributed by atoms with E-state index >= 15 is 0 Å². The number of carbonyl (C=O) groups is 1. The molecule has 4 nitrogen and oxygen atoms in total. The number of rotatable bonds is 7. The summed E-state index contributed by atoms with van der Waals surface area (Å²) < 4.78 is 25.4. The van der Waals surface area contributed by atoms with E-state index in [2.05, 4.69) is 23.8 Å². The van der Waals surface area contributed by atoms with Crippen LogP contribution in [0.2, 0.25) is 0 Å². The van der Waals surface area contributed by atoms with Gasteiger partial charge in [0.1, 0.15) is 0 Å². The second-order valence-electron chi connectivity index (χ2n) is 5.29. The summed E-state index contributed by atoms with van der Waals surface area (Å²) in [7, 11) is -3.37. The highest BCUT2D eigenvalue weighted by Gasteiger charge is 2.44. The summed E-state index contributed by atoms with van der Waals surface area (Å²) in [6.07, 6.45) is 9.70. The zero-order chi connectivity index (χ0) is 13.2. The van der Waals surface area contributed by atoms with Crippen LogP contribution in [0.25, 0.3) is 0 Å². The molecule has 2 atom stereocenters. The van der Waals surface area contributed by atoms with Crippen molar-refractivity contribution in [1.82, 2.24) is 4.72 Å². The second-order valence-corrected chi connectivity index (χ2v) is 7.25. The largest absolute Gasteiger partial charge is 0.274 e. The van der Waals surface area contributed by atoms with E-state index in [0.717, 1.165) is 19.3 Å². The van der Waals surface area contributed by atoms with Crippen molar-refractivity contribution in [3.63, 3.8) is 0 Å². The molecule has 2 rings (SSSR count). The van der Waals surface area contributed by atoms with Crippen LogP contribution in [0.1, 0.15) is 45.4 Å². The lowest BCUT2D eigenvalue weighted by Crippen LogP contribution is -2.34. The number of carbonyl (C=O) groups excluding carboxylic acids is 1. The van der Waals surface area contributed by atoms with Crippen LogP contribution in [-0.4, -0.2) is 19.6 Å². The van der Waals surface area contributed by atoms with E-state index in [0.29, 0.717) is 12.8 Å². The maximum atomic E-state index is 11.7. The Balaban J connectivity index is 1.74. The maximum Gasteiger partial charge on any atom is 0.237 e. The minimum atomic E-state index is -3.37. The first-order valence-corrected chi connectivity index (χ1v) is 8.31. The first kappa shape index (κ1) is 13.6. The summed E-state index contributed by atoms with van der Waals surface area (Å²) in [5, 5.41) is -0.321. The highest BCUT2D eigenvalue weighted by Crippen LogP contribution is 2.40. The number of sulfonamides is 1. The summed E-state index contributed by atoms with van der Waals surface area (Å²) in [5.41, 5.74) is 0. The van der Waals surface area contributed by atoms with Gasteiger partial charge in [0, 0.05) is 5.92 Å². The van der Waals surface area contributed by atoms with Gasteiger partial charge in [0.15, 0.2) is 0 Å². The molecule has 0 heterocycles. The Kier molecular flexibility index (Phi) is 4.10. The van der Waals surface area contributed by atoms with Crippen molar-refractivity contribution in [2.24, 2.45) is 11.8 Å². The van der Waals surface area contributed by atoms with Crippen molar-refractivity contribution in [3.8, 4) is 0 Å². The number of nitrogens with one attached hydrogen (secondary N) is 1. The van der Waals surface area contributed by atoms with E-state index in [9.17, 15) is 13.2 Å². The molecule has 0 aliphatic heterocycles. The van der Waals surface area contributed by atoms with Crippen LogP contribution in [0.5, 0.6) is 0 Å². The summed E-state index contributed by atoms with van der Waals surface area (Å²) in [5.74, 6) is -0.195. The Morgan fingerprint density at radius 2 is 2.11 bits per heavy atom. The molecule has 5 heteroatoms. The third-order valence-corrected chi connectivity index (χ3v) is 5.33. The fraction of sp³-hybridized carbons (Fsp3) is 0.769. The van der Waals surface area contributed by atoms with Gasteiger partial charge >= 0.3 is 0 Å². The first-order valence-electron chi connectivity index (χ1n) is 6.76. The molecule has 18 heavy (non-hydrogen) atoms. The molecule has 0 saturated heterocycles. The van der Waals surface area contributed by atoms with E-state index in [-0.39, 0.29) is 23.0 Å². The molecule has 0 unspecified atom stereocenters. The average Bonchev–Trinajstić information content (AvgIpc) is 3.16. The lowest BCUT2D eigenvalue weighted by Gasteiger charge is -2.04. The van der Waals surface area contributed by atoms with Gasteiger partial charge in [-0.3, -0.25) is 9.52 Å². The highest BCUT2D eigenvalue weighted by atomic mass is 32.2. The Morgan fingerprint density at radius 1 is 1.39 bits per heavy atom. The van der Waals surface area contributed by atoms with Crippen LogP contribution in [0.15, 0.2) is 12.2 Å². The lowest BCUT2D eigenvalue weighted by atomic mass is 10.2.